The molecule has 18 heavy (non-hydrogen) atoms. The van der Waals surface area contributed by atoms with Gasteiger partial charge >= 0.3 is 0 Å². The number of nitrogens with one attached hydrogen (secondary N) is 1. The van der Waals surface area contributed by atoms with E-state index in [9.17, 15) is 0 Å². The molecule has 0 amide bonds. The standard InChI is InChI=1S/C16H20N2/c1-3-10-18-13(2)14-4-6-15(7-5-14)16-8-11-17-12-9-16/h4-9,11-13,18H,3,10H2,1-2H3. The maximum Gasteiger partial charge on any atom is 0.0291 e. The summed E-state index contributed by atoms with van der Waals surface area (Å²) in [5.74, 6) is 0. The number of rotatable bonds is 5. The van der Waals surface area contributed by atoms with Crippen LogP contribution in [0.3, 0.4) is 0 Å². The highest BCUT2D eigenvalue weighted by atomic mass is 14.9. The van der Waals surface area contributed by atoms with Crippen LogP contribution in [0.5, 0.6) is 0 Å². The van der Waals surface area contributed by atoms with Crippen LogP contribution < -0.4 is 5.32 Å². The third kappa shape index (κ3) is 3.17. The van der Waals surface area contributed by atoms with Crippen LogP contribution in [-0.4, -0.2) is 11.5 Å². The maximum atomic E-state index is 4.04. The molecule has 0 fully saturated rings. The molecule has 1 atom stereocenters. The molecule has 2 nitrogen and oxygen atoms in total. The zero-order valence-corrected chi connectivity index (χ0v) is 11.1. The van der Waals surface area contributed by atoms with E-state index in [1.54, 1.807) is 0 Å². The summed E-state index contributed by atoms with van der Waals surface area (Å²) in [6.07, 6.45) is 4.82. The Hall–Kier alpha value is -1.67. The predicted octanol–water partition coefficient (Wildman–Crippen LogP) is 3.81. The van der Waals surface area contributed by atoms with Crippen LogP contribution in [0.15, 0.2) is 48.8 Å². The van der Waals surface area contributed by atoms with Crippen molar-refractivity contribution in [1.29, 1.82) is 0 Å². The van der Waals surface area contributed by atoms with E-state index in [1.165, 1.54) is 23.1 Å². The van der Waals surface area contributed by atoms with Crippen molar-refractivity contribution in [2.24, 2.45) is 0 Å². The second-order valence-corrected chi connectivity index (χ2v) is 4.53. The Bertz CT molecular complexity index is 462. The summed E-state index contributed by atoms with van der Waals surface area (Å²) in [5, 5.41) is 3.50. The van der Waals surface area contributed by atoms with Crippen LogP contribution in [-0.2, 0) is 0 Å². The fourth-order valence-electron chi connectivity index (χ4n) is 1.99. The minimum atomic E-state index is 0.413. The van der Waals surface area contributed by atoms with Gasteiger partial charge in [-0.05, 0) is 48.7 Å². The lowest BCUT2D eigenvalue weighted by Gasteiger charge is -2.14. The van der Waals surface area contributed by atoms with Gasteiger partial charge in [0.1, 0.15) is 0 Å². The molecule has 1 N–H and O–H groups in total. The predicted molar refractivity (Wildman–Crippen MR) is 76.4 cm³/mol. The molecule has 0 aliphatic heterocycles. The molecule has 0 saturated carbocycles. The minimum absolute atomic E-state index is 0.413. The molecule has 0 aliphatic carbocycles. The third-order valence-electron chi connectivity index (χ3n) is 3.12. The summed E-state index contributed by atoms with van der Waals surface area (Å²) in [6, 6.07) is 13.2. The van der Waals surface area contributed by atoms with Gasteiger partial charge in [0, 0.05) is 18.4 Å². The monoisotopic (exact) mass is 240 g/mol. The lowest BCUT2D eigenvalue weighted by Crippen LogP contribution is -2.19. The molecule has 0 bridgehead atoms. The van der Waals surface area contributed by atoms with Gasteiger partial charge < -0.3 is 5.32 Å². The van der Waals surface area contributed by atoms with Crippen molar-refractivity contribution in [1.82, 2.24) is 10.3 Å². The molecule has 94 valence electrons. The smallest absolute Gasteiger partial charge is 0.0291 e. The molecular formula is C16H20N2. The SMILES string of the molecule is CCCNC(C)c1ccc(-c2ccncc2)cc1. The van der Waals surface area contributed by atoms with Gasteiger partial charge in [0.25, 0.3) is 0 Å². The van der Waals surface area contributed by atoms with Gasteiger partial charge in [-0.25, -0.2) is 0 Å². The highest BCUT2D eigenvalue weighted by molar-refractivity contribution is 5.62. The summed E-state index contributed by atoms with van der Waals surface area (Å²) in [5.41, 5.74) is 3.79. The van der Waals surface area contributed by atoms with Gasteiger partial charge in [0.15, 0.2) is 0 Å². The molecule has 0 aliphatic rings. The normalized spacial score (nSPS) is 12.3. The highest BCUT2D eigenvalue weighted by Gasteiger charge is 2.04. The third-order valence-corrected chi connectivity index (χ3v) is 3.12. The van der Waals surface area contributed by atoms with Crippen molar-refractivity contribution in [2.75, 3.05) is 6.54 Å². The van der Waals surface area contributed by atoms with Crippen molar-refractivity contribution in [3.05, 3.63) is 54.4 Å². The summed E-state index contributed by atoms with van der Waals surface area (Å²) >= 11 is 0. The second-order valence-electron chi connectivity index (χ2n) is 4.53. The first kappa shape index (κ1) is 12.8. The van der Waals surface area contributed by atoms with Crippen LogP contribution in [0, 0.1) is 0 Å². The average molecular weight is 240 g/mol. The highest BCUT2D eigenvalue weighted by Crippen LogP contribution is 2.21. The van der Waals surface area contributed by atoms with Gasteiger partial charge in [0.2, 0.25) is 0 Å². The molecule has 0 spiro atoms. The van der Waals surface area contributed by atoms with E-state index in [0.717, 1.165) is 6.54 Å². The Morgan fingerprint density at radius 2 is 1.61 bits per heavy atom. The zero-order valence-electron chi connectivity index (χ0n) is 11.1. The quantitative estimate of drug-likeness (QED) is 0.859. The van der Waals surface area contributed by atoms with E-state index in [4.69, 9.17) is 0 Å². The number of benzene rings is 1. The molecule has 2 aromatic rings. The van der Waals surface area contributed by atoms with Crippen molar-refractivity contribution < 1.29 is 0 Å². The Labute approximate surface area is 109 Å². The number of hydrogen-bond acceptors (Lipinski definition) is 2. The van der Waals surface area contributed by atoms with Crippen LogP contribution in [0.4, 0.5) is 0 Å². The molecule has 0 saturated heterocycles. The summed E-state index contributed by atoms with van der Waals surface area (Å²) in [7, 11) is 0. The van der Waals surface area contributed by atoms with E-state index in [0.29, 0.717) is 6.04 Å². The molecule has 2 rings (SSSR count). The van der Waals surface area contributed by atoms with Crippen molar-refractivity contribution in [3.63, 3.8) is 0 Å². The van der Waals surface area contributed by atoms with E-state index in [1.807, 2.05) is 24.5 Å². The lowest BCUT2D eigenvalue weighted by molar-refractivity contribution is 0.571. The maximum absolute atomic E-state index is 4.04. The number of aromatic nitrogens is 1. The van der Waals surface area contributed by atoms with E-state index >= 15 is 0 Å². The van der Waals surface area contributed by atoms with E-state index in [-0.39, 0.29) is 0 Å². The van der Waals surface area contributed by atoms with Gasteiger partial charge in [-0.3, -0.25) is 4.98 Å². The fourth-order valence-corrected chi connectivity index (χ4v) is 1.99. The fraction of sp³-hybridized carbons (Fsp3) is 0.312. The van der Waals surface area contributed by atoms with E-state index in [2.05, 4.69) is 48.4 Å². The average Bonchev–Trinajstić information content (AvgIpc) is 2.46. The minimum Gasteiger partial charge on any atom is -0.310 e. The van der Waals surface area contributed by atoms with Crippen LogP contribution in [0.2, 0.25) is 0 Å². The van der Waals surface area contributed by atoms with Gasteiger partial charge in [-0.2, -0.15) is 0 Å². The number of pyridine rings is 1. The van der Waals surface area contributed by atoms with Crippen molar-refractivity contribution in [2.45, 2.75) is 26.3 Å². The van der Waals surface area contributed by atoms with Crippen LogP contribution >= 0.6 is 0 Å². The summed E-state index contributed by atoms with van der Waals surface area (Å²) in [4.78, 5) is 4.04. The molecule has 1 heterocycles. The molecule has 2 heteroatoms. The summed E-state index contributed by atoms with van der Waals surface area (Å²) in [6.45, 7) is 5.45. The Morgan fingerprint density at radius 1 is 1.00 bits per heavy atom. The molecular weight excluding hydrogens is 220 g/mol. The largest absolute Gasteiger partial charge is 0.310 e. The molecule has 1 unspecified atom stereocenters. The lowest BCUT2D eigenvalue weighted by atomic mass is 10.0. The first-order chi connectivity index (χ1) is 8.81. The van der Waals surface area contributed by atoms with Gasteiger partial charge in [-0.15, -0.1) is 0 Å². The zero-order chi connectivity index (χ0) is 12.8. The van der Waals surface area contributed by atoms with Gasteiger partial charge in [-0.1, -0.05) is 31.2 Å². The van der Waals surface area contributed by atoms with Crippen molar-refractivity contribution in [3.8, 4) is 11.1 Å². The first-order valence-electron chi connectivity index (χ1n) is 6.55. The molecule has 1 aromatic carbocycles. The number of hydrogen-bond donors (Lipinski definition) is 1. The Balaban J connectivity index is 2.10. The first-order valence-corrected chi connectivity index (χ1v) is 6.55. The molecule has 0 radical (unpaired) electrons. The second kappa shape index (κ2) is 6.31. The summed E-state index contributed by atoms with van der Waals surface area (Å²) < 4.78 is 0. The number of nitrogens with zero attached hydrogens (tertiary/aromatic N) is 1. The van der Waals surface area contributed by atoms with Crippen LogP contribution in [0.25, 0.3) is 11.1 Å². The van der Waals surface area contributed by atoms with Crippen molar-refractivity contribution >= 4 is 0 Å². The van der Waals surface area contributed by atoms with Crippen LogP contribution in [0.1, 0.15) is 31.9 Å². The Morgan fingerprint density at radius 3 is 2.22 bits per heavy atom. The molecule has 1 aromatic heterocycles. The topological polar surface area (TPSA) is 24.9 Å². The Kier molecular flexibility index (Phi) is 4.48. The van der Waals surface area contributed by atoms with E-state index < -0.39 is 0 Å². The van der Waals surface area contributed by atoms with Gasteiger partial charge in [0.05, 0.1) is 0 Å².